The van der Waals surface area contributed by atoms with Gasteiger partial charge in [-0.1, -0.05) is 19.4 Å². The summed E-state index contributed by atoms with van der Waals surface area (Å²) in [6, 6.07) is 5.20. The van der Waals surface area contributed by atoms with E-state index < -0.39 is 6.36 Å². The van der Waals surface area contributed by atoms with E-state index in [1.54, 1.807) is 0 Å². The van der Waals surface area contributed by atoms with Gasteiger partial charge in [-0.15, -0.1) is 13.2 Å². The van der Waals surface area contributed by atoms with Gasteiger partial charge < -0.3 is 10.1 Å². The summed E-state index contributed by atoms with van der Waals surface area (Å²) in [5, 5.41) is 2.52. The molecule has 1 amide bonds. The van der Waals surface area contributed by atoms with E-state index in [9.17, 15) is 18.0 Å². The second kappa shape index (κ2) is 6.28. The van der Waals surface area contributed by atoms with Gasteiger partial charge >= 0.3 is 6.36 Å². The van der Waals surface area contributed by atoms with Crippen molar-refractivity contribution in [3.63, 3.8) is 0 Å². The van der Waals surface area contributed by atoms with Gasteiger partial charge in [-0.05, 0) is 18.6 Å². The Bertz CT molecular complexity index is 405. The number of carbonyl (C=O) groups is 1. The number of hydrogen-bond acceptors (Lipinski definition) is 2. The Hall–Kier alpha value is -1.72. The van der Waals surface area contributed by atoms with Gasteiger partial charge in [-0.25, -0.2) is 0 Å². The van der Waals surface area contributed by atoms with Crippen LogP contribution in [0, 0.1) is 0 Å². The standard InChI is InChI=1S/C12H14F3NO2/c1-2-3-7-11(17)16-9-5-4-6-10(8-9)18-12(13,14)15/h4-6,8H,2-3,7H2,1H3,(H,16,17). The first-order valence-corrected chi connectivity index (χ1v) is 5.56. The Kier molecular flexibility index (Phi) is 5.00. The van der Waals surface area contributed by atoms with Crippen molar-refractivity contribution in [2.24, 2.45) is 0 Å². The quantitative estimate of drug-likeness (QED) is 0.877. The molecule has 1 aromatic carbocycles. The lowest BCUT2D eigenvalue weighted by molar-refractivity contribution is -0.274. The van der Waals surface area contributed by atoms with Gasteiger partial charge in [0.1, 0.15) is 5.75 Å². The van der Waals surface area contributed by atoms with Crippen molar-refractivity contribution in [3.8, 4) is 5.75 Å². The summed E-state index contributed by atoms with van der Waals surface area (Å²) in [6.45, 7) is 1.95. The van der Waals surface area contributed by atoms with Gasteiger partial charge in [0.15, 0.2) is 0 Å². The third kappa shape index (κ3) is 5.56. The first-order chi connectivity index (χ1) is 8.40. The molecule has 3 nitrogen and oxygen atoms in total. The van der Waals surface area contributed by atoms with Crippen LogP contribution in [0.1, 0.15) is 26.2 Å². The van der Waals surface area contributed by atoms with E-state index in [0.29, 0.717) is 6.42 Å². The SMILES string of the molecule is CCCCC(=O)Nc1cccc(OC(F)(F)F)c1. The Balaban J connectivity index is 2.62. The van der Waals surface area contributed by atoms with Crippen LogP contribution in [-0.4, -0.2) is 12.3 Å². The molecule has 6 heteroatoms. The summed E-state index contributed by atoms with van der Waals surface area (Å²) < 4.78 is 39.7. The monoisotopic (exact) mass is 261 g/mol. The molecular weight excluding hydrogens is 247 g/mol. The summed E-state index contributed by atoms with van der Waals surface area (Å²) in [5.74, 6) is -0.572. The number of rotatable bonds is 5. The zero-order chi connectivity index (χ0) is 13.6. The molecule has 0 atom stereocenters. The zero-order valence-corrected chi connectivity index (χ0v) is 9.88. The van der Waals surface area contributed by atoms with E-state index in [4.69, 9.17) is 0 Å². The third-order valence-electron chi connectivity index (χ3n) is 2.11. The highest BCUT2D eigenvalue weighted by molar-refractivity contribution is 5.90. The van der Waals surface area contributed by atoms with Crippen LogP contribution in [0.4, 0.5) is 18.9 Å². The minimum absolute atomic E-state index is 0.221. The number of unbranched alkanes of at least 4 members (excludes halogenated alkanes) is 1. The fourth-order valence-corrected chi connectivity index (χ4v) is 1.33. The Labute approximate surface area is 103 Å². The second-order valence-corrected chi connectivity index (χ2v) is 3.73. The molecular formula is C12H14F3NO2. The van der Waals surface area contributed by atoms with E-state index in [-0.39, 0.29) is 17.3 Å². The summed E-state index contributed by atoms with van der Waals surface area (Å²) in [7, 11) is 0. The van der Waals surface area contributed by atoms with E-state index in [1.165, 1.54) is 18.2 Å². The number of ether oxygens (including phenoxy) is 1. The first-order valence-electron chi connectivity index (χ1n) is 5.56. The number of nitrogens with one attached hydrogen (secondary N) is 1. The molecule has 0 heterocycles. The number of alkyl halides is 3. The van der Waals surface area contributed by atoms with Gasteiger partial charge in [0.05, 0.1) is 0 Å². The van der Waals surface area contributed by atoms with Crippen LogP contribution >= 0.6 is 0 Å². The molecule has 0 radical (unpaired) electrons. The molecule has 100 valence electrons. The summed E-state index contributed by atoms with van der Waals surface area (Å²) in [4.78, 5) is 11.4. The molecule has 0 fully saturated rings. The maximum absolute atomic E-state index is 12.0. The molecule has 0 unspecified atom stereocenters. The zero-order valence-electron chi connectivity index (χ0n) is 9.88. The molecule has 0 saturated carbocycles. The van der Waals surface area contributed by atoms with Crippen molar-refractivity contribution in [1.82, 2.24) is 0 Å². The van der Waals surface area contributed by atoms with Crippen LogP contribution in [0.25, 0.3) is 0 Å². The molecule has 1 N–H and O–H groups in total. The van der Waals surface area contributed by atoms with Crippen LogP contribution in [0.3, 0.4) is 0 Å². The molecule has 0 saturated heterocycles. The molecule has 0 aliphatic rings. The van der Waals surface area contributed by atoms with Gasteiger partial charge in [-0.3, -0.25) is 4.79 Å². The Morgan fingerprint density at radius 3 is 2.72 bits per heavy atom. The fourth-order valence-electron chi connectivity index (χ4n) is 1.33. The topological polar surface area (TPSA) is 38.3 Å². The van der Waals surface area contributed by atoms with Crippen molar-refractivity contribution in [2.75, 3.05) is 5.32 Å². The summed E-state index contributed by atoms with van der Waals surface area (Å²) >= 11 is 0. The predicted octanol–water partition coefficient (Wildman–Crippen LogP) is 3.71. The number of amides is 1. The van der Waals surface area contributed by atoms with Crippen LogP contribution in [0.2, 0.25) is 0 Å². The minimum Gasteiger partial charge on any atom is -0.406 e. The number of benzene rings is 1. The number of halogens is 3. The molecule has 1 rings (SSSR count). The molecule has 0 bridgehead atoms. The minimum atomic E-state index is -4.73. The van der Waals surface area contributed by atoms with Gasteiger partial charge in [0.2, 0.25) is 5.91 Å². The van der Waals surface area contributed by atoms with Gasteiger partial charge in [0, 0.05) is 18.2 Å². The van der Waals surface area contributed by atoms with E-state index >= 15 is 0 Å². The summed E-state index contributed by atoms with van der Waals surface area (Å²) in [6.07, 6.45) is -2.76. The fraction of sp³-hybridized carbons (Fsp3) is 0.417. The van der Waals surface area contributed by atoms with Gasteiger partial charge in [0.25, 0.3) is 0 Å². The third-order valence-corrected chi connectivity index (χ3v) is 2.11. The molecule has 0 spiro atoms. The molecule has 0 aliphatic carbocycles. The van der Waals surface area contributed by atoms with Crippen molar-refractivity contribution in [3.05, 3.63) is 24.3 Å². The molecule has 1 aromatic rings. The van der Waals surface area contributed by atoms with E-state index in [1.807, 2.05) is 6.92 Å². The Morgan fingerprint density at radius 2 is 2.11 bits per heavy atom. The largest absolute Gasteiger partial charge is 0.573 e. The van der Waals surface area contributed by atoms with Crippen LogP contribution in [0.5, 0.6) is 5.75 Å². The number of carbonyl (C=O) groups excluding carboxylic acids is 1. The highest BCUT2D eigenvalue weighted by Gasteiger charge is 2.31. The van der Waals surface area contributed by atoms with Crippen molar-refractivity contribution in [2.45, 2.75) is 32.5 Å². The van der Waals surface area contributed by atoms with Crippen LogP contribution in [0.15, 0.2) is 24.3 Å². The Morgan fingerprint density at radius 1 is 1.39 bits per heavy atom. The maximum Gasteiger partial charge on any atom is 0.573 e. The van der Waals surface area contributed by atoms with Crippen molar-refractivity contribution < 1.29 is 22.7 Å². The number of anilines is 1. The first kappa shape index (κ1) is 14.3. The van der Waals surface area contributed by atoms with E-state index in [2.05, 4.69) is 10.1 Å². The highest BCUT2D eigenvalue weighted by atomic mass is 19.4. The maximum atomic E-state index is 12.0. The van der Waals surface area contributed by atoms with Crippen molar-refractivity contribution >= 4 is 11.6 Å². The smallest absolute Gasteiger partial charge is 0.406 e. The van der Waals surface area contributed by atoms with Crippen molar-refractivity contribution in [1.29, 1.82) is 0 Å². The lowest BCUT2D eigenvalue weighted by Crippen LogP contribution is -2.17. The molecule has 0 aromatic heterocycles. The molecule has 0 aliphatic heterocycles. The molecule has 18 heavy (non-hydrogen) atoms. The average molecular weight is 261 g/mol. The average Bonchev–Trinajstić information content (AvgIpc) is 2.24. The lowest BCUT2D eigenvalue weighted by Gasteiger charge is -2.10. The number of hydrogen-bond donors (Lipinski definition) is 1. The highest BCUT2D eigenvalue weighted by Crippen LogP contribution is 2.25. The second-order valence-electron chi connectivity index (χ2n) is 3.73. The summed E-state index contributed by atoms with van der Waals surface area (Å²) in [5.41, 5.74) is 0.290. The normalized spacial score (nSPS) is 11.1. The predicted molar refractivity (Wildman–Crippen MR) is 61.3 cm³/mol. The van der Waals surface area contributed by atoms with Crippen LogP contribution in [-0.2, 0) is 4.79 Å². The van der Waals surface area contributed by atoms with Gasteiger partial charge in [-0.2, -0.15) is 0 Å². The van der Waals surface area contributed by atoms with Crippen LogP contribution < -0.4 is 10.1 Å². The lowest BCUT2D eigenvalue weighted by atomic mass is 10.2. The van der Waals surface area contributed by atoms with E-state index in [0.717, 1.165) is 18.9 Å².